The molecule has 1 aromatic carbocycles. The lowest BCUT2D eigenvalue weighted by atomic mass is 9.73. The molecule has 0 aromatic heterocycles. The van der Waals surface area contributed by atoms with Gasteiger partial charge in [-0.25, -0.2) is 13.2 Å². The van der Waals surface area contributed by atoms with E-state index < -0.39 is 21.6 Å². The van der Waals surface area contributed by atoms with E-state index in [0.717, 1.165) is 19.3 Å². The lowest BCUT2D eigenvalue weighted by molar-refractivity contribution is -0.134. The number of benzene rings is 1. The highest BCUT2D eigenvalue weighted by Gasteiger charge is 2.54. The highest BCUT2D eigenvalue weighted by atomic mass is 32.2. The van der Waals surface area contributed by atoms with Crippen LogP contribution < -0.4 is 5.32 Å². The van der Waals surface area contributed by atoms with Crippen LogP contribution in [0.5, 0.6) is 0 Å². The Balaban J connectivity index is 1.55. The molecule has 3 amide bonds. The largest absolute Gasteiger partial charge is 0.379 e. The number of hydrogen-bond donors (Lipinski definition) is 1. The Morgan fingerprint density at radius 2 is 1.97 bits per heavy atom. The fourth-order valence-corrected chi connectivity index (χ4v) is 6.04. The monoisotopic (exact) mass is 421 g/mol. The Labute approximate surface area is 171 Å². The van der Waals surface area contributed by atoms with Gasteiger partial charge in [0.1, 0.15) is 5.54 Å². The molecular weight excluding hydrogens is 394 g/mol. The Morgan fingerprint density at radius 3 is 2.69 bits per heavy atom. The van der Waals surface area contributed by atoms with Gasteiger partial charge in [0.15, 0.2) is 0 Å². The zero-order valence-corrected chi connectivity index (χ0v) is 17.4. The standard InChI is InChI=1S/C20H27N3O5S/c1-15-5-2-3-8-20(15)18(24)23(19(25)21-20)14-16-6-4-7-17(13-16)29(26,27)22-9-11-28-12-10-22/h4,6-7,13,15H,2-3,5,8-12,14H2,1H3,(H,21,25)/t15-,20-/m1/s1. The molecular formula is C20H27N3O5S. The molecule has 2 heterocycles. The third-order valence-electron chi connectivity index (χ3n) is 6.35. The Morgan fingerprint density at radius 1 is 1.21 bits per heavy atom. The molecule has 4 rings (SSSR count). The van der Waals surface area contributed by atoms with Crippen LogP contribution in [-0.2, 0) is 26.1 Å². The Kier molecular flexibility index (Phi) is 5.39. The number of amides is 3. The molecule has 1 aliphatic carbocycles. The molecule has 9 heteroatoms. The third-order valence-corrected chi connectivity index (χ3v) is 8.24. The van der Waals surface area contributed by atoms with Gasteiger partial charge in [0.05, 0.1) is 24.7 Å². The molecule has 158 valence electrons. The molecule has 1 aromatic rings. The average molecular weight is 422 g/mol. The number of urea groups is 1. The smallest absolute Gasteiger partial charge is 0.325 e. The summed E-state index contributed by atoms with van der Waals surface area (Å²) in [5.74, 6) is -0.109. The molecule has 0 bridgehead atoms. The second-order valence-electron chi connectivity index (χ2n) is 8.10. The van der Waals surface area contributed by atoms with Crippen molar-refractivity contribution in [2.24, 2.45) is 5.92 Å². The van der Waals surface area contributed by atoms with Crippen LogP contribution in [0.1, 0.15) is 38.2 Å². The second kappa shape index (κ2) is 7.70. The number of ether oxygens (including phenoxy) is 1. The highest BCUT2D eigenvalue weighted by molar-refractivity contribution is 7.89. The molecule has 1 saturated carbocycles. The number of rotatable bonds is 4. The molecule has 0 radical (unpaired) electrons. The molecule has 3 aliphatic rings. The minimum atomic E-state index is -3.63. The summed E-state index contributed by atoms with van der Waals surface area (Å²) in [7, 11) is -3.63. The number of imide groups is 1. The van der Waals surface area contributed by atoms with E-state index in [1.165, 1.54) is 9.21 Å². The second-order valence-corrected chi connectivity index (χ2v) is 10.0. The van der Waals surface area contributed by atoms with Gasteiger partial charge in [0.25, 0.3) is 5.91 Å². The topological polar surface area (TPSA) is 96.0 Å². The van der Waals surface area contributed by atoms with Crippen molar-refractivity contribution < 1.29 is 22.7 Å². The van der Waals surface area contributed by atoms with Gasteiger partial charge in [-0.15, -0.1) is 0 Å². The first-order chi connectivity index (χ1) is 13.8. The summed E-state index contributed by atoms with van der Waals surface area (Å²) in [6, 6.07) is 6.10. The lowest BCUT2D eigenvalue weighted by Gasteiger charge is -2.36. The van der Waals surface area contributed by atoms with Crippen LogP contribution in [0.4, 0.5) is 4.79 Å². The quantitative estimate of drug-likeness (QED) is 0.747. The minimum absolute atomic E-state index is 0.0611. The van der Waals surface area contributed by atoms with E-state index in [0.29, 0.717) is 38.3 Å². The summed E-state index contributed by atoms with van der Waals surface area (Å²) < 4.78 is 32.4. The van der Waals surface area contributed by atoms with Crippen LogP contribution in [0, 0.1) is 5.92 Å². The van der Waals surface area contributed by atoms with Crippen molar-refractivity contribution in [3.63, 3.8) is 0 Å². The Bertz CT molecular complexity index is 912. The highest BCUT2D eigenvalue weighted by Crippen LogP contribution is 2.38. The van der Waals surface area contributed by atoms with Crippen molar-refractivity contribution in [1.82, 2.24) is 14.5 Å². The van der Waals surface area contributed by atoms with Crippen LogP contribution in [0.3, 0.4) is 0 Å². The summed E-state index contributed by atoms with van der Waals surface area (Å²) in [5.41, 5.74) is -0.198. The zero-order valence-electron chi connectivity index (χ0n) is 16.6. The maximum atomic E-state index is 13.1. The van der Waals surface area contributed by atoms with Crippen molar-refractivity contribution in [3.05, 3.63) is 29.8 Å². The van der Waals surface area contributed by atoms with Crippen LogP contribution in [0.25, 0.3) is 0 Å². The predicted molar refractivity (Wildman–Crippen MR) is 105 cm³/mol. The third kappa shape index (κ3) is 3.55. The van der Waals surface area contributed by atoms with E-state index in [1.807, 2.05) is 6.92 Å². The molecule has 2 saturated heterocycles. The fourth-order valence-electron chi connectivity index (χ4n) is 4.56. The number of nitrogens with one attached hydrogen (secondary N) is 1. The number of sulfonamides is 1. The summed E-state index contributed by atoms with van der Waals surface area (Å²) in [5, 5.41) is 2.93. The van der Waals surface area contributed by atoms with Crippen molar-refractivity contribution >= 4 is 22.0 Å². The fraction of sp³-hybridized carbons (Fsp3) is 0.600. The minimum Gasteiger partial charge on any atom is -0.379 e. The molecule has 1 N–H and O–H groups in total. The van der Waals surface area contributed by atoms with Gasteiger partial charge >= 0.3 is 6.03 Å². The number of morpholine rings is 1. The van der Waals surface area contributed by atoms with Crippen LogP contribution in [-0.4, -0.2) is 61.4 Å². The predicted octanol–water partition coefficient (Wildman–Crippen LogP) is 1.71. The summed E-state index contributed by atoms with van der Waals surface area (Å²) in [6.07, 6.45) is 3.54. The molecule has 1 spiro atoms. The first-order valence-corrected chi connectivity index (χ1v) is 11.6. The van der Waals surface area contributed by atoms with Gasteiger partial charge in [-0.2, -0.15) is 4.31 Å². The van der Waals surface area contributed by atoms with E-state index in [4.69, 9.17) is 4.74 Å². The van der Waals surface area contributed by atoms with Gasteiger partial charge in [0.2, 0.25) is 10.0 Å². The summed E-state index contributed by atoms with van der Waals surface area (Å²) >= 11 is 0. The van der Waals surface area contributed by atoms with E-state index in [1.54, 1.807) is 24.3 Å². The van der Waals surface area contributed by atoms with Gasteiger partial charge in [-0.1, -0.05) is 31.9 Å². The van der Waals surface area contributed by atoms with Crippen molar-refractivity contribution in [3.8, 4) is 0 Å². The maximum absolute atomic E-state index is 13.1. The molecule has 8 nitrogen and oxygen atoms in total. The van der Waals surface area contributed by atoms with Crippen molar-refractivity contribution in [2.75, 3.05) is 26.3 Å². The van der Waals surface area contributed by atoms with Crippen LogP contribution >= 0.6 is 0 Å². The van der Waals surface area contributed by atoms with Crippen LogP contribution in [0.15, 0.2) is 29.2 Å². The van der Waals surface area contributed by atoms with Gasteiger partial charge < -0.3 is 10.1 Å². The average Bonchev–Trinajstić information content (AvgIpc) is 2.96. The van der Waals surface area contributed by atoms with Gasteiger partial charge in [-0.3, -0.25) is 9.69 Å². The first-order valence-electron chi connectivity index (χ1n) is 10.2. The lowest BCUT2D eigenvalue weighted by Crippen LogP contribution is -2.53. The Hall–Kier alpha value is -1.97. The molecule has 2 atom stereocenters. The van der Waals surface area contributed by atoms with Crippen molar-refractivity contribution in [1.29, 1.82) is 0 Å². The van der Waals surface area contributed by atoms with E-state index in [9.17, 15) is 18.0 Å². The zero-order chi connectivity index (χ0) is 20.6. The number of carbonyl (C=O) groups is 2. The number of carbonyl (C=O) groups excluding carboxylic acids is 2. The summed E-state index contributed by atoms with van der Waals surface area (Å²) in [6.45, 7) is 3.46. The van der Waals surface area contributed by atoms with E-state index in [-0.39, 0.29) is 23.3 Å². The molecule has 3 fully saturated rings. The van der Waals surface area contributed by atoms with E-state index >= 15 is 0 Å². The van der Waals surface area contributed by atoms with Gasteiger partial charge in [-0.05, 0) is 36.5 Å². The molecule has 2 aliphatic heterocycles. The SMILES string of the molecule is C[C@@H]1CCCC[C@@]12NC(=O)N(Cc1cccc(S(=O)(=O)N3CCOCC3)c1)C2=O. The summed E-state index contributed by atoms with van der Waals surface area (Å²) in [4.78, 5) is 27.1. The number of hydrogen-bond acceptors (Lipinski definition) is 5. The normalized spacial score (nSPS) is 28.7. The molecule has 0 unspecified atom stereocenters. The maximum Gasteiger partial charge on any atom is 0.325 e. The van der Waals surface area contributed by atoms with E-state index in [2.05, 4.69) is 5.32 Å². The van der Waals surface area contributed by atoms with Gasteiger partial charge in [0, 0.05) is 13.1 Å². The molecule has 29 heavy (non-hydrogen) atoms. The van der Waals surface area contributed by atoms with Crippen LogP contribution in [0.2, 0.25) is 0 Å². The number of nitrogens with zero attached hydrogens (tertiary/aromatic N) is 2. The first kappa shape index (κ1) is 20.3. The van der Waals surface area contributed by atoms with Crippen molar-refractivity contribution in [2.45, 2.75) is 49.6 Å².